The van der Waals surface area contributed by atoms with Crippen LogP contribution in [0, 0.1) is 0 Å². The van der Waals surface area contributed by atoms with Crippen molar-refractivity contribution in [2.75, 3.05) is 13.2 Å². The molecule has 0 aromatic carbocycles. The van der Waals surface area contributed by atoms with Crippen LogP contribution >= 0.6 is 0 Å². The molecule has 0 aliphatic carbocycles. The van der Waals surface area contributed by atoms with Crippen LogP contribution in [0.25, 0.3) is 0 Å². The van der Waals surface area contributed by atoms with E-state index in [0.717, 1.165) is 83.5 Å². The highest BCUT2D eigenvalue weighted by Gasteiger charge is 2.19. The number of carbonyl (C=O) groups is 3. The largest absolute Gasteiger partial charge is 0.462 e. The number of allylic oxidation sites excluding steroid dienone is 6. The van der Waals surface area contributed by atoms with E-state index in [2.05, 4.69) is 57.2 Å². The highest BCUT2D eigenvalue weighted by Crippen LogP contribution is 2.16. The summed E-state index contributed by atoms with van der Waals surface area (Å²) in [6.45, 7) is 6.66. The van der Waals surface area contributed by atoms with Crippen LogP contribution in [0.1, 0.15) is 316 Å². The first-order chi connectivity index (χ1) is 33.0. The lowest BCUT2D eigenvalue weighted by Crippen LogP contribution is -2.30. The molecule has 1 unspecified atom stereocenters. The van der Waals surface area contributed by atoms with E-state index in [1.165, 1.54) is 193 Å². The molecule has 0 heterocycles. The van der Waals surface area contributed by atoms with Crippen LogP contribution in [0.4, 0.5) is 0 Å². The van der Waals surface area contributed by atoms with Crippen molar-refractivity contribution < 1.29 is 28.6 Å². The molecule has 0 saturated carbocycles. The maximum absolute atomic E-state index is 12.9. The van der Waals surface area contributed by atoms with Crippen molar-refractivity contribution in [2.45, 2.75) is 322 Å². The fourth-order valence-electron chi connectivity index (χ4n) is 8.67. The van der Waals surface area contributed by atoms with E-state index in [-0.39, 0.29) is 31.1 Å². The van der Waals surface area contributed by atoms with E-state index in [1.807, 2.05) is 0 Å². The summed E-state index contributed by atoms with van der Waals surface area (Å²) in [6, 6.07) is 0. The van der Waals surface area contributed by atoms with Crippen LogP contribution in [-0.2, 0) is 28.6 Å². The Bertz CT molecular complexity index is 1130. The molecule has 0 amide bonds. The van der Waals surface area contributed by atoms with Crippen molar-refractivity contribution in [3.05, 3.63) is 36.5 Å². The first-order valence-corrected chi connectivity index (χ1v) is 29.5. The van der Waals surface area contributed by atoms with E-state index in [1.54, 1.807) is 0 Å². The van der Waals surface area contributed by atoms with Gasteiger partial charge in [0, 0.05) is 19.3 Å². The van der Waals surface area contributed by atoms with Gasteiger partial charge in [0.1, 0.15) is 13.2 Å². The van der Waals surface area contributed by atoms with Gasteiger partial charge in [0.2, 0.25) is 0 Å². The molecule has 0 N–H and O–H groups in total. The predicted molar refractivity (Wildman–Crippen MR) is 289 cm³/mol. The fourth-order valence-corrected chi connectivity index (χ4v) is 8.67. The molecule has 0 aliphatic rings. The lowest BCUT2D eigenvalue weighted by atomic mass is 10.0. The molecule has 67 heavy (non-hydrogen) atoms. The molecule has 6 nitrogen and oxygen atoms in total. The van der Waals surface area contributed by atoms with Crippen molar-refractivity contribution in [3.8, 4) is 0 Å². The predicted octanol–water partition coefficient (Wildman–Crippen LogP) is 19.7. The maximum Gasteiger partial charge on any atom is 0.306 e. The first-order valence-electron chi connectivity index (χ1n) is 29.5. The third-order valence-electron chi connectivity index (χ3n) is 13.1. The third kappa shape index (κ3) is 54.4. The molecule has 0 bridgehead atoms. The molecule has 6 heteroatoms. The molecule has 0 fully saturated rings. The Hall–Kier alpha value is -2.37. The van der Waals surface area contributed by atoms with Gasteiger partial charge >= 0.3 is 17.9 Å². The van der Waals surface area contributed by atoms with Crippen LogP contribution in [-0.4, -0.2) is 37.2 Å². The molecule has 0 aliphatic heterocycles. The van der Waals surface area contributed by atoms with E-state index >= 15 is 0 Å². The average molecular weight is 942 g/mol. The molecule has 0 aromatic heterocycles. The van der Waals surface area contributed by atoms with Crippen LogP contribution in [0.5, 0.6) is 0 Å². The van der Waals surface area contributed by atoms with Crippen molar-refractivity contribution in [1.29, 1.82) is 0 Å². The maximum atomic E-state index is 12.9. The van der Waals surface area contributed by atoms with Gasteiger partial charge < -0.3 is 14.2 Å². The summed E-state index contributed by atoms with van der Waals surface area (Å²) >= 11 is 0. The molecule has 392 valence electrons. The molecule has 0 aromatic rings. The van der Waals surface area contributed by atoms with Gasteiger partial charge in [-0.3, -0.25) is 14.4 Å². The van der Waals surface area contributed by atoms with Gasteiger partial charge in [-0.05, 0) is 70.6 Å². The Labute approximate surface area is 416 Å². The molecule has 0 saturated heterocycles. The number of hydrogen-bond acceptors (Lipinski definition) is 6. The lowest BCUT2D eigenvalue weighted by Gasteiger charge is -2.18. The zero-order valence-corrected chi connectivity index (χ0v) is 44.9. The van der Waals surface area contributed by atoms with Crippen LogP contribution in [0.3, 0.4) is 0 Å². The van der Waals surface area contributed by atoms with Gasteiger partial charge in [-0.25, -0.2) is 0 Å². The number of hydrogen-bond donors (Lipinski definition) is 0. The van der Waals surface area contributed by atoms with Crippen LogP contribution < -0.4 is 0 Å². The van der Waals surface area contributed by atoms with Gasteiger partial charge in [0.25, 0.3) is 0 Å². The van der Waals surface area contributed by atoms with Crippen molar-refractivity contribution in [2.24, 2.45) is 0 Å². The fraction of sp³-hybridized carbons (Fsp3) is 0.852. The zero-order valence-electron chi connectivity index (χ0n) is 44.9. The third-order valence-corrected chi connectivity index (χ3v) is 13.1. The highest BCUT2D eigenvalue weighted by molar-refractivity contribution is 5.71. The lowest BCUT2D eigenvalue weighted by molar-refractivity contribution is -0.167. The van der Waals surface area contributed by atoms with E-state index in [4.69, 9.17) is 14.2 Å². The normalized spacial score (nSPS) is 12.2. The average Bonchev–Trinajstić information content (AvgIpc) is 3.33. The molecule has 0 rings (SSSR count). The number of ether oxygens (including phenoxy) is 3. The van der Waals surface area contributed by atoms with Crippen molar-refractivity contribution >= 4 is 17.9 Å². The second-order valence-electron chi connectivity index (χ2n) is 19.9. The minimum absolute atomic E-state index is 0.0769. The Kier molecular flexibility index (Phi) is 54.2. The van der Waals surface area contributed by atoms with Crippen molar-refractivity contribution in [3.63, 3.8) is 0 Å². The Morgan fingerprint density at radius 1 is 0.299 bits per heavy atom. The molecular formula is C61H112O6. The van der Waals surface area contributed by atoms with Gasteiger partial charge in [0.05, 0.1) is 0 Å². The van der Waals surface area contributed by atoms with Gasteiger partial charge in [-0.15, -0.1) is 0 Å². The monoisotopic (exact) mass is 941 g/mol. The van der Waals surface area contributed by atoms with Gasteiger partial charge in [0.15, 0.2) is 6.10 Å². The summed E-state index contributed by atoms with van der Waals surface area (Å²) in [7, 11) is 0. The van der Waals surface area contributed by atoms with Crippen molar-refractivity contribution in [1.82, 2.24) is 0 Å². The second kappa shape index (κ2) is 56.2. The SMILES string of the molecule is CCCCCCCCC/C=C\C=C/CCCCCCCC(=O)OCC(COC(=O)CCCCCCCCCCCCCCCCC)OC(=O)CCCCCCC/C=C\CCCCCCCCC. The molecule has 0 radical (unpaired) electrons. The first kappa shape index (κ1) is 64.6. The molecule has 1 atom stereocenters. The summed E-state index contributed by atoms with van der Waals surface area (Å²) in [5.74, 6) is -0.883. The van der Waals surface area contributed by atoms with E-state index < -0.39 is 6.10 Å². The molecular weight excluding hydrogens is 829 g/mol. The van der Waals surface area contributed by atoms with E-state index in [9.17, 15) is 14.4 Å². The number of rotatable bonds is 54. The van der Waals surface area contributed by atoms with Gasteiger partial charge in [-0.1, -0.05) is 263 Å². The smallest absolute Gasteiger partial charge is 0.306 e. The standard InChI is InChI=1S/C61H112O6/c1-4-7-10-13-16-19-22-25-28-30-31-34-36-39-42-45-48-51-54-60(63)66-57-58(56-65-59(62)53-50-47-44-41-38-35-32-27-24-21-18-15-12-9-6-3)67-61(64)55-52-49-46-43-40-37-33-29-26-23-20-17-14-11-8-5-2/h28-31,33-34,58H,4-27,32,35-57H2,1-3H3/b30-28-,33-29-,34-31-. The number of esters is 3. The second-order valence-corrected chi connectivity index (χ2v) is 19.9. The minimum Gasteiger partial charge on any atom is -0.462 e. The summed E-state index contributed by atoms with van der Waals surface area (Å²) in [4.78, 5) is 38.2. The van der Waals surface area contributed by atoms with Gasteiger partial charge in [-0.2, -0.15) is 0 Å². The van der Waals surface area contributed by atoms with Crippen LogP contribution in [0.2, 0.25) is 0 Å². The Morgan fingerprint density at radius 2 is 0.537 bits per heavy atom. The topological polar surface area (TPSA) is 78.9 Å². The van der Waals surface area contributed by atoms with E-state index in [0.29, 0.717) is 19.3 Å². The number of carbonyl (C=O) groups excluding carboxylic acids is 3. The quantitative estimate of drug-likeness (QED) is 0.0199. The zero-order chi connectivity index (χ0) is 48.6. The molecule has 0 spiro atoms. The van der Waals surface area contributed by atoms with Crippen LogP contribution in [0.15, 0.2) is 36.5 Å². The summed E-state index contributed by atoms with van der Waals surface area (Å²) in [5, 5.41) is 0. The highest BCUT2D eigenvalue weighted by atomic mass is 16.6. The number of unbranched alkanes of at least 4 members (excludes halogenated alkanes) is 38. The Balaban J connectivity index is 4.38. The summed E-state index contributed by atoms with van der Waals surface area (Å²) < 4.78 is 16.9. The minimum atomic E-state index is -0.780. The summed E-state index contributed by atoms with van der Waals surface area (Å²) in [6.07, 6.45) is 67.0. The summed E-state index contributed by atoms with van der Waals surface area (Å²) in [5.41, 5.74) is 0. The Morgan fingerprint density at radius 3 is 0.836 bits per heavy atom.